The molecular formula is C18H26N2O3. The number of nitrogens with zero attached hydrogens (tertiary/aromatic N) is 1. The second kappa shape index (κ2) is 8.67. The van der Waals surface area contributed by atoms with Crippen molar-refractivity contribution in [3.63, 3.8) is 0 Å². The van der Waals surface area contributed by atoms with Gasteiger partial charge in [0.2, 0.25) is 0 Å². The monoisotopic (exact) mass is 318 g/mol. The van der Waals surface area contributed by atoms with E-state index in [-0.39, 0.29) is 18.6 Å². The lowest BCUT2D eigenvalue weighted by molar-refractivity contribution is -0.147. The van der Waals surface area contributed by atoms with E-state index in [0.29, 0.717) is 13.1 Å². The molecule has 1 aliphatic rings. The van der Waals surface area contributed by atoms with Crippen molar-refractivity contribution in [2.75, 3.05) is 19.7 Å². The van der Waals surface area contributed by atoms with Crippen molar-refractivity contribution in [2.24, 2.45) is 5.92 Å². The Kier molecular flexibility index (Phi) is 6.59. The van der Waals surface area contributed by atoms with Crippen LogP contribution in [0.25, 0.3) is 0 Å². The van der Waals surface area contributed by atoms with Crippen molar-refractivity contribution >= 4 is 11.8 Å². The van der Waals surface area contributed by atoms with Gasteiger partial charge in [-0.1, -0.05) is 43.7 Å². The summed E-state index contributed by atoms with van der Waals surface area (Å²) in [4.78, 5) is 26.3. The van der Waals surface area contributed by atoms with Crippen molar-refractivity contribution in [3.8, 4) is 0 Å². The fourth-order valence-electron chi connectivity index (χ4n) is 3.06. The molecule has 0 unspecified atom stereocenters. The van der Waals surface area contributed by atoms with Gasteiger partial charge in [0.05, 0.1) is 6.04 Å². The Hall–Kier alpha value is -1.88. The first kappa shape index (κ1) is 17.5. The van der Waals surface area contributed by atoms with Gasteiger partial charge < -0.3 is 15.3 Å². The molecule has 0 radical (unpaired) electrons. The van der Waals surface area contributed by atoms with E-state index < -0.39 is 11.8 Å². The summed E-state index contributed by atoms with van der Waals surface area (Å²) in [5, 5.41) is 12.1. The van der Waals surface area contributed by atoms with Crippen LogP contribution in [0.4, 0.5) is 0 Å². The summed E-state index contributed by atoms with van der Waals surface area (Å²) in [6.45, 7) is 3.17. The maximum atomic E-state index is 12.4. The SMILES string of the molecule is CCC[C@@H](NC(=O)C(=O)N1CCC[C@@H](CO)C1)c1ccccc1. The quantitative estimate of drug-likeness (QED) is 0.814. The molecule has 5 heteroatoms. The number of carbonyl (C=O) groups is 2. The van der Waals surface area contributed by atoms with Gasteiger partial charge in [-0.2, -0.15) is 0 Å². The maximum Gasteiger partial charge on any atom is 0.311 e. The number of rotatable bonds is 5. The molecular weight excluding hydrogens is 292 g/mol. The van der Waals surface area contributed by atoms with Crippen LogP contribution < -0.4 is 5.32 Å². The lowest BCUT2D eigenvalue weighted by Crippen LogP contribution is -2.48. The van der Waals surface area contributed by atoms with E-state index >= 15 is 0 Å². The molecule has 1 aliphatic heterocycles. The van der Waals surface area contributed by atoms with E-state index in [0.717, 1.165) is 31.2 Å². The van der Waals surface area contributed by atoms with Crippen LogP contribution in [0.5, 0.6) is 0 Å². The third-order valence-electron chi connectivity index (χ3n) is 4.34. The molecule has 0 bridgehead atoms. The third-order valence-corrected chi connectivity index (χ3v) is 4.34. The molecule has 0 spiro atoms. The summed E-state index contributed by atoms with van der Waals surface area (Å²) < 4.78 is 0. The lowest BCUT2D eigenvalue weighted by Gasteiger charge is -2.31. The standard InChI is InChI=1S/C18H26N2O3/c1-2-7-16(15-9-4-3-5-10-15)19-17(22)18(23)20-11-6-8-14(12-20)13-21/h3-5,9-10,14,16,21H,2,6-8,11-13H2,1H3,(H,19,22)/t14-,16-/m1/s1. The zero-order chi connectivity index (χ0) is 16.7. The van der Waals surface area contributed by atoms with Crippen molar-refractivity contribution in [3.05, 3.63) is 35.9 Å². The average molecular weight is 318 g/mol. The molecule has 23 heavy (non-hydrogen) atoms. The van der Waals surface area contributed by atoms with E-state index in [4.69, 9.17) is 0 Å². The van der Waals surface area contributed by atoms with Gasteiger partial charge in [-0.15, -0.1) is 0 Å². The molecule has 1 aromatic rings. The highest BCUT2D eigenvalue weighted by molar-refractivity contribution is 6.35. The number of carbonyl (C=O) groups excluding carboxylic acids is 2. The zero-order valence-electron chi connectivity index (χ0n) is 13.7. The lowest BCUT2D eigenvalue weighted by atomic mass is 9.99. The molecule has 1 fully saturated rings. The van der Waals surface area contributed by atoms with E-state index in [1.807, 2.05) is 30.3 Å². The first-order valence-corrected chi connectivity index (χ1v) is 8.41. The first-order valence-electron chi connectivity index (χ1n) is 8.41. The summed E-state index contributed by atoms with van der Waals surface area (Å²) in [6, 6.07) is 9.59. The van der Waals surface area contributed by atoms with Crippen molar-refractivity contribution in [2.45, 2.75) is 38.6 Å². The van der Waals surface area contributed by atoms with Crippen LogP contribution in [0.3, 0.4) is 0 Å². The van der Waals surface area contributed by atoms with Gasteiger partial charge in [0.1, 0.15) is 0 Å². The van der Waals surface area contributed by atoms with E-state index in [9.17, 15) is 14.7 Å². The van der Waals surface area contributed by atoms with Gasteiger partial charge in [0.15, 0.2) is 0 Å². The molecule has 1 aromatic carbocycles. The molecule has 2 rings (SSSR count). The molecule has 5 nitrogen and oxygen atoms in total. The Morgan fingerprint density at radius 1 is 1.35 bits per heavy atom. The molecule has 2 N–H and O–H groups in total. The second-order valence-corrected chi connectivity index (χ2v) is 6.17. The summed E-state index contributed by atoms with van der Waals surface area (Å²) >= 11 is 0. The number of hydrogen-bond acceptors (Lipinski definition) is 3. The molecule has 2 amide bonds. The third kappa shape index (κ3) is 4.79. The van der Waals surface area contributed by atoms with Crippen LogP contribution in [0, 0.1) is 5.92 Å². The number of nitrogens with one attached hydrogen (secondary N) is 1. The summed E-state index contributed by atoms with van der Waals surface area (Å²) in [6.07, 6.45) is 3.46. The predicted molar refractivity (Wildman–Crippen MR) is 88.6 cm³/mol. The first-order chi connectivity index (χ1) is 11.2. The van der Waals surface area contributed by atoms with Crippen molar-refractivity contribution in [1.29, 1.82) is 0 Å². The summed E-state index contributed by atoms with van der Waals surface area (Å²) in [5.74, 6) is -0.952. The molecule has 2 atom stereocenters. The van der Waals surface area contributed by atoms with Crippen molar-refractivity contribution < 1.29 is 14.7 Å². The Bertz CT molecular complexity index is 518. The minimum absolute atomic E-state index is 0.0634. The molecule has 1 saturated heterocycles. The zero-order valence-corrected chi connectivity index (χ0v) is 13.7. The Balaban J connectivity index is 1.99. The topological polar surface area (TPSA) is 69.6 Å². The highest BCUT2D eigenvalue weighted by Gasteiger charge is 2.28. The van der Waals surface area contributed by atoms with Crippen LogP contribution in [-0.4, -0.2) is 41.5 Å². The van der Waals surface area contributed by atoms with Crippen LogP contribution in [0.2, 0.25) is 0 Å². The van der Waals surface area contributed by atoms with E-state index in [2.05, 4.69) is 12.2 Å². The van der Waals surface area contributed by atoms with E-state index in [1.54, 1.807) is 4.90 Å². The normalized spacial score (nSPS) is 19.2. The second-order valence-electron chi connectivity index (χ2n) is 6.17. The van der Waals surface area contributed by atoms with Gasteiger partial charge in [0.25, 0.3) is 0 Å². The van der Waals surface area contributed by atoms with Gasteiger partial charge in [-0.3, -0.25) is 9.59 Å². The fraction of sp³-hybridized carbons (Fsp3) is 0.556. The molecule has 1 heterocycles. The van der Waals surface area contributed by atoms with Gasteiger partial charge >= 0.3 is 11.8 Å². The number of benzene rings is 1. The molecule has 0 aliphatic carbocycles. The molecule has 0 saturated carbocycles. The molecule has 126 valence electrons. The highest BCUT2D eigenvalue weighted by Crippen LogP contribution is 2.19. The number of piperidine rings is 1. The number of likely N-dealkylation sites (tertiary alicyclic amines) is 1. The van der Waals surface area contributed by atoms with Crippen LogP contribution >= 0.6 is 0 Å². The number of aliphatic hydroxyl groups excluding tert-OH is 1. The van der Waals surface area contributed by atoms with Crippen LogP contribution in [0.15, 0.2) is 30.3 Å². The Morgan fingerprint density at radius 2 is 2.09 bits per heavy atom. The fourth-order valence-corrected chi connectivity index (χ4v) is 3.06. The summed E-state index contributed by atoms with van der Waals surface area (Å²) in [5.41, 5.74) is 1.02. The maximum absolute atomic E-state index is 12.4. The number of aliphatic hydroxyl groups is 1. The number of hydrogen-bond donors (Lipinski definition) is 2. The highest BCUT2D eigenvalue weighted by atomic mass is 16.3. The van der Waals surface area contributed by atoms with Gasteiger partial charge in [0, 0.05) is 19.7 Å². The van der Waals surface area contributed by atoms with Crippen LogP contribution in [0.1, 0.15) is 44.2 Å². The summed E-state index contributed by atoms with van der Waals surface area (Å²) in [7, 11) is 0. The number of amides is 2. The minimum Gasteiger partial charge on any atom is -0.396 e. The minimum atomic E-state index is -0.550. The van der Waals surface area contributed by atoms with Crippen molar-refractivity contribution in [1.82, 2.24) is 10.2 Å². The van der Waals surface area contributed by atoms with Gasteiger partial charge in [-0.05, 0) is 30.7 Å². The smallest absolute Gasteiger partial charge is 0.311 e. The average Bonchev–Trinajstić information content (AvgIpc) is 2.61. The van der Waals surface area contributed by atoms with Gasteiger partial charge in [-0.25, -0.2) is 0 Å². The molecule has 0 aromatic heterocycles. The van der Waals surface area contributed by atoms with E-state index in [1.165, 1.54) is 0 Å². The predicted octanol–water partition coefficient (Wildman–Crippen LogP) is 1.87. The van der Waals surface area contributed by atoms with Crippen LogP contribution in [-0.2, 0) is 9.59 Å². The Labute approximate surface area is 137 Å². The Morgan fingerprint density at radius 3 is 2.74 bits per heavy atom. The largest absolute Gasteiger partial charge is 0.396 e.